The molecule has 1 fully saturated rings. The van der Waals surface area contributed by atoms with Crippen LogP contribution in [-0.2, 0) is 20.7 Å². The van der Waals surface area contributed by atoms with Crippen LogP contribution in [0.1, 0.15) is 28.8 Å². The number of carbonyl (C=O) groups excluding carboxylic acids is 2. The van der Waals surface area contributed by atoms with Gasteiger partial charge < -0.3 is 19.5 Å². The molecule has 2 aromatic rings. The van der Waals surface area contributed by atoms with Gasteiger partial charge in [0.05, 0.1) is 13.2 Å². The summed E-state index contributed by atoms with van der Waals surface area (Å²) in [7, 11) is 1.31. The van der Waals surface area contributed by atoms with Gasteiger partial charge in [0.15, 0.2) is 0 Å². The van der Waals surface area contributed by atoms with Gasteiger partial charge in [-0.25, -0.2) is 4.79 Å². The monoisotopic (exact) mass is 383 g/mol. The lowest BCUT2D eigenvalue weighted by Gasteiger charge is -2.17. The number of esters is 1. The summed E-state index contributed by atoms with van der Waals surface area (Å²) in [6, 6.07) is 15.6. The van der Waals surface area contributed by atoms with Gasteiger partial charge in [-0.3, -0.25) is 4.79 Å². The van der Waals surface area contributed by atoms with Crippen molar-refractivity contribution in [1.82, 2.24) is 5.32 Å². The van der Waals surface area contributed by atoms with E-state index in [1.54, 1.807) is 24.3 Å². The third-order valence-corrected chi connectivity index (χ3v) is 4.65. The highest BCUT2D eigenvalue weighted by atomic mass is 16.5. The summed E-state index contributed by atoms with van der Waals surface area (Å²) in [4.78, 5) is 24.6. The van der Waals surface area contributed by atoms with Crippen LogP contribution >= 0.6 is 0 Å². The maximum absolute atomic E-state index is 12.6. The molecule has 0 saturated carbocycles. The number of methoxy groups -OCH3 is 1. The number of ether oxygens (including phenoxy) is 3. The molecule has 2 aromatic carbocycles. The Morgan fingerprint density at radius 1 is 1.14 bits per heavy atom. The van der Waals surface area contributed by atoms with Crippen LogP contribution in [0.15, 0.2) is 54.6 Å². The van der Waals surface area contributed by atoms with E-state index >= 15 is 0 Å². The van der Waals surface area contributed by atoms with Crippen LogP contribution in [0.5, 0.6) is 5.75 Å². The Kier molecular flexibility index (Phi) is 7.03. The van der Waals surface area contributed by atoms with Gasteiger partial charge in [-0.15, -0.1) is 0 Å². The summed E-state index contributed by atoms with van der Waals surface area (Å²) < 4.78 is 16.1. The van der Waals surface area contributed by atoms with Crippen molar-refractivity contribution in [3.8, 4) is 5.75 Å². The van der Waals surface area contributed by atoms with Crippen LogP contribution in [0.4, 0.5) is 0 Å². The normalized spacial score (nSPS) is 17.0. The molecule has 148 valence electrons. The highest BCUT2D eigenvalue weighted by molar-refractivity contribution is 5.96. The molecule has 1 amide bonds. The summed E-state index contributed by atoms with van der Waals surface area (Å²) in [6.45, 7) is 1.30. The van der Waals surface area contributed by atoms with Crippen molar-refractivity contribution in [3.05, 3.63) is 65.7 Å². The third-order valence-electron chi connectivity index (χ3n) is 4.65. The molecule has 6 nitrogen and oxygen atoms in total. The van der Waals surface area contributed by atoms with Crippen LogP contribution in [0.2, 0.25) is 0 Å². The zero-order valence-corrected chi connectivity index (χ0v) is 15.9. The third kappa shape index (κ3) is 5.57. The van der Waals surface area contributed by atoms with Crippen molar-refractivity contribution < 1.29 is 23.8 Å². The topological polar surface area (TPSA) is 73.9 Å². The Morgan fingerprint density at radius 2 is 1.89 bits per heavy atom. The predicted molar refractivity (Wildman–Crippen MR) is 104 cm³/mol. The van der Waals surface area contributed by atoms with Gasteiger partial charge in [0, 0.05) is 18.6 Å². The molecular formula is C22H25NO5. The molecule has 1 aliphatic heterocycles. The summed E-state index contributed by atoms with van der Waals surface area (Å²) in [5.74, 6) is -0.133. The van der Waals surface area contributed by atoms with Crippen molar-refractivity contribution >= 4 is 11.9 Å². The highest BCUT2D eigenvalue weighted by Crippen LogP contribution is 2.17. The second kappa shape index (κ2) is 9.90. The number of rotatable bonds is 8. The van der Waals surface area contributed by atoms with Gasteiger partial charge in [-0.2, -0.15) is 0 Å². The Hall–Kier alpha value is -2.86. The molecule has 2 atom stereocenters. The van der Waals surface area contributed by atoms with Crippen LogP contribution < -0.4 is 10.1 Å². The number of hydrogen-bond donors (Lipinski definition) is 1. The number of nitrogens with one attached hydrogen (secondary N) is 1. The molecule has 2 unspecified atom stereocenters. The molecule has 0 spiro atoms. The fraction of sp³-hybridized carbons (Fsp3) is 0.364. The van der Waals surface area contributed by atoms with Crippen molar-refractivity contribution in [1.29, 1.82) is 0 Å². The molecule has 1 saturated heterocycles. The lowest BCUT2D eigenvalue weighted by Crippen LogP contribution is -2.43. The SMILES string of the molecule is COC(=O)C(Cc1ccccc1)NC(=O)c1ccc(OCC2CCCO2)cc1. The lowest BCUT2D eigenvalue weighted by atomic mass is 10.1. The molecule has 1 N–H and O–H groups in total. The first kappa shape index (κ1) is 19.9. The van der Waals surface area contributed by atoms with Crippen molar-refractivity contribution in [2.45, 2.75) is 31.4 Å². The van der Waals surface area contributed by atoms with Crippen molar-refractivity contribution in [3.63, 3.8) is 0 Å². The van der Waals surface area contributed by atoms with E-state index in [2.05, 4.69) is 5.32 Å². The zero-order chi connectivity index (χ0) is 19.8. The van der Waals surface area contributed by atoms with Gasteiger partial charge in [-0.05, 0) is 42.7 Å². The minimum absolute atomic E-state index is 0.141. The first-order chi connectivity index (χ1) is 13.7. The highest BCUT2D eigenvalue weighted by Gasteiger charge is 2.22. The fourth-order valence-electron chi connectivity index (χ4n) is 3.09. The summed E-state index contributed by atoms with van der Waals surface area (Å²) >= 11 is 0. The second-order valence-corrected chi connectivity index (χ2v) is 6.71. The number of amides is 1. The zero-order valence-electron chi connectivity index (χ0n) is 15.9. The standard InChI is InChI=1S/C22H25NO5/c1-26-22(25)20(14-16-6-3-2-4-7-16)23-21(24)17-9-11-18(12-10-17)28-15-19-8-5-13-27-19/h2-4,6-7,9-12,19-20H,5,8,13-15H2,1H3,(H,23,24). The van der Waals surface area contributed by atoms with E-state index in [-0.39, 0.29) is 12.0 Å². The van der Waals surface area contributed by atoms with Crippen LogP contribution in [0.25, 0.3) is 0 Å². The Bertz CT molecular complexity index is 769. The van der Waals surface area contributed by atoms with E-state index in [1.165, 1.54) is 7.11 Å². The first-order valence-electron chi connectivity index (χ1n) is 9.43. The molecule has 0 radical (unpaired) electrons. The van der Waals surface area contributed by atoms with E-state index in [0.29, 0.717) is 24.3 Å². The first-order valence-corrected chi connectivity index (χ1v) is 9.43. The number of hydrogen-bond acceptors (Lipinski definition) is 5. The molecule has 0 aromatic heterocycles. The molecule has 28 heavy (non-hydrogen) atoms. The van der Waals surface area contributed by atoms with Gasteiger partial charge in [0.1, 0.15) is 18.4 Å². The van der Waals surface area contributed by atoms with Gasteiger partial charge in [-0.1, -0.05) is 30.3 Å². The van der Waals surface area contributed by atoms with Crippen LogP contribution in [0.3, 0.4) is 0 Å². The van der Waals surface area contributed by atoms with Crippen molar-refractivity contribution in [2.75, 3.05) is 20.3 Å². The van der Waals surface area contributed by atoms with E-state index in [4.69, 9.17) is 14.2 Å². The molecular weight excluding hydrogens is 358 g/mol. The Morgan fingerprint density at radius 3 is 2.54 bits per heavy atom. The summed E-state index contributed by atoms with van der Waals surface area (Å²) in [5, 5.41) is 2.75. The molecule has 6 heteroatoms. The minimum Gasteiger partial charge on any atom is -0.491 e. The number of benzene rings is 2. The molecule has 0 aliphatic carbocycles. The minimum atomic E-state index is -0.754. The summed E-state index contributed by atoms with van der Waals surface area (Å²) in [6.07, 6.45) is 2.58. The maximum atomic E-state index is 12.6. The Labute approximate surface area is 164 Å². The number of carbonyl (C=O) groups is 2. The lowest BCUT2D eigenvalue weighted by molar-refractivity contribution is -0.142. The average Bonchev–Trinajstić information content (AvgIpc) is 3.26. The van der Waals surface area contributed by atoms with Crippen molar-refractivity contribution in [2.24, 2.45) is 0 Å². The van der Waals surface area contributed by atoms with E-state index in [0.717, 1.165) is 25.0 Å². The van der Waals surface area contributed by atoms with Crippen LogP contribution in [0, 0.1) is 0 Å². The van der Waals surface area contributed by atoms with E-state index in [1.807, 2.05) is 30.3 Å². The average molecular weight is 383 g/mol. The second-order valence-electron chi connectivity index (χ2n) is 6.71. The van der Waals surface area contributed by atoms with E-state index in [9.17, 15) is 9.59 Å². The smallest absolute Gasteiger partial charge is 0.328 e. The molecule has 0 bridgehead atoms. The molecule has 3 rings (SSSR count). The van der Waals surface area contributed by atoms with Gasteiger partial charge in [0.25, 0.3) is 5.91 Å². The largest absolute Gasteiger partial charge is 0.491 e. The van der Waals surface area contributed by atoms with Gasteiger partial charge in [0.2, 0.25) is 0 Å². The fourth-order valence-corrected chi connectivity index (χ4v) is 3.09. The van der Waals surface area contributed by atoms with E-state index < -0.39 is 12.0 Å². The molecule has 1 aliphatic rings. The molecule has 1 heterocycles. The predicted octanol–water partition coefficient (Wildman–Crippen LogP) is 2.76. The summed E-state index contributed by atoms with van der Waals surface area (Å²) in [5.41, 5.74) is 1.39. The van der Waals surface area contributed by atoms with Crippen LogP contribution in [-0.4, -0.2) is 44.3 Å². The maximum Gasteiger partial charge on any atom is 0.328 e. The quantitative estimate of drug-likeness (QED) is 0.710. The Balaban J connectivity index is 1.58. The van der Waals surface area contributed by atoms with Gasteiger partial charge >= 0.3 is 5.97 Å².